The van der Waals surface area contributed by atoms with Crippen molar-refractivity contribution in [1.29, 1.82) is 0 Å². The van der Waals surface area contributed by atoms with Crippen molar-refractivity contribution in [1.82, 2.24) is 4.90 Å². The fourth-order valence-electron chi connectivity index (χ4n) is 2.44. The van der Waals surface area contributed by atoms with Crippen LogP contribution in [0.1, 0.15) is 57.7 Å². The van der Waals surface area contributed by atoms with E-state index in [0.717, 1.165) is 25.1 Å². The van der Waals surface area contributed by atoms with E-state index in [-0.39, 0.29) is 0 Å². The van der Waals surface area contributed by atoms with Gasteiger partial charge in [0.15, 0.2) is 0 Å². The lowest BCUT2D eigenvalue weighted by molar-refractivity contribution is 0.262. The molecule has 0 fully saturated rings. The Morgan fingerprint density at radius 3 is 2.52 bits per heavy atom. The van der Waals surface area contributed by atoms with Gasteiger partial charge in [-0.25, -0.2) is 0 Å². The quantitative estimate of drug-likeness (QED) is 0.446. The Hall–Kier alpha value is -1.67. The van der Waals surface area contributed by atoms with Gasteiger partial charge in [-0.05, 0) is 45.0 Å². The molecule has 1 atom stereocenters. The second-order valence-corrected chi connectivity index (χ2v) is 5.28. The number of benzene rings is 1. The number of aliphatic imine (C=N–C) groups is 1. The molecule has 0 radical (unpaired) electrons. The monoisotopic (exact) mass is 314 g/mol. The number of allylic oxidation sites excluding steroid dienone is 3. The van der Waals surface area contributed by atoms with Crippen molar-refractivity contribution in [3.05, 3.63) is 60.2 Å². The minimum atomic E-state index is 0.380. The highest BCUT2D eigenvalue weighted by molar-refractivity contribution is 6.09. The zero-order chi connectivity index (χ0) is 17.7. The van der Waals surface area contributed by atoms with Crippen LogP contribution in [0.5, 0.6) is 0 Å². The summed E-state index contributed by atoms with van der Waals surface area (Å²) in [5.74, 6) is 0. The van der Waals surface area contributed by atoms with Crippen LogP contribution in [0.4, 0.5) is 0 Å². The molecule has 1 aromatic rings. The van der Waals surface area contributed by atoms with Crippen LogP contribution < -0.4 is 0 Å². The van der Waals surface area contributed by atoms with Crippen LogP contribution in [0.2, 0.25) is 0 Å². The largest absolute Gasteiger partial charge is 0.300 e. The normalized spacial score (nSPS) is 12.9. The molecule has 0 amide bonds. The summed E-state index contributed by atoms with van der Waals surface area (Å²) in [5.41, 5.74) is 3.58. The third-order valence-electron chi connectivity index (χ3n) is 3.74. The van der Waals surface area contributed by atoms with E-state index in [1.807, 2.05) is 27.0 Å². The first-order chi connectivity index (χ1) is 11.2. The van der Waals surface area contributed by atoms with Crippen molar-refractivity contribution >= 4 is 5.71 Å². The average Bonchev–Trinajstić information content (AvgIpc) is 2.60. The zero-order valence-electron chi connectivity index (χ0n) is 15.8. The van der Waals surface area contributed by atoms with E-state index in [1.54, 1.807) is 0 Å². The maximum atomic E-state index is 4.46. The molecule has 0 N–H and O–H groups in total. The van der Waals surface area contributed by atoms with Crippen LogP contribution in [0.15, 0.2) is 54.1 Å². The van der Waals surface area contributed by atoms with Gasteiger partial charge in [0.1, 0.15) is 0 Å². The maximum absolute atomic E-state index is 4.46. The third-order valence-corrected chi connectivity index (χ3v) is 3.74. The van der Waals surface area contributed by atoms with Crippen molar-refractivity contribution in [2.24, 2.45) is 4.99 Å². The molecule has 1 unspecified atom stereocenters. The molecular formula is C21H34N2. The summed E-state index contributed by atoms with van der Waals surface area (Å²) in [6.45, 7) is 13.3. The second-order valence-electron chi connectivity index (χ2n) is 5.28. The predicted octanol–water partition coefficient (Wildman–Crippen LogP) is 5.67. The first-order valence-corrected chi connectivity index (χ1v) is 8.69. The van der Waals surface area contributed by atoms with Crippen LogP contribution in [-0.4, -0.2) is 31.3 Å². The molecule has 0 spiro atoms. The minimum Gasteiger partial charge on any atom is -0.300 e. The van der Waals surface area contributed by atoms with Crippen LogP contribution in [0.25, 0.3) is 0 Å². The van der Waals surface area contributed by atoms with Crippen LogP contribution in [0.3, 0.4) is 0 Å². The van der Waals surface area contributed by atoms with Gasteiger partial charge in [-0.3, -0.25) is 9.89 Å². The molecule has 0 heterocycles. The first-order valence-electron chi connectivity index (χ1n) is 8.69. The SMILES string of the molecule is C=CC/C=C\C(=NC)c1ccccc1C(C)N(C)CCC.CC. The Balaban J connectivity index is 0.00000232. The zero-order valence-corrected chi connectivity index (χ0v) is 15.8. The molecule has 2 nitrogen and oxygen atoms in total. The van der Waals surface area contributed by atoms with Crippen molar-refractivity contribution < 1.29 is 0 Å². The molecule has 1 aromatic carbocycles. The molecule has 0 aromatic heterocycles. The highest BCUT2D eigenvalue weighted by Gasteiger charge is 2.15. The highest BCUT2D eigenvalue weighted by Crippen LogP contribution is 2.23. The molecule has 23 heavy (non-hydrogen) atoms. The van der Waals surface area contributed by atoms with E-state index in [9.17, 15) is 0 Å². The number of hydrogen-bond acceptors (Lipinski definition) is 2. The Kier molecular flexibility index (Phi) is 11.9. The minimum absolute atomic E-state index is 0.380. The summed E-state index contributed by atoms with van der Waals surface area (Å²) in [7, 11) is 4.03. The summed E-state index contributed by atoms with van der Waals surface area (Å²) in [6, 6.07) is 8.93. The van der Waals surface area contributed by atoms with Gasteiger partial charge in [-0.1, -0.05) is 57.2 Å². The lowest BCUT2D eigenvalue weighted by Gasteiger charge is -2.26. The molecule has 0 aliphatic rings. The standard InChI is InChI=1S/C19H28N2.C2H6/c1-6-8-9-14-19(20-4)18-13-11-10-12-17(18)16(3)21(5)15-7-2;1-2/h6,9-14,16H,1,7-8,15H2,2-5H3;1-2H3/b14-9-,20-19?;. The van der Waals surface area contributed by atoms with E-state index in [0.29, 0.717) is 6.04 Å². The lowest BCUT2D eigenvalue weighted by Crippen LogP contribution is -2.24. The van der Waals surface area contributed by atoms with Gasteiger partial charge >= 0.3 is 0 Å². The number of hydrogen-bond donors (Lipinski definition) is 0. The summed E-state index contributed by atoms with van der Waals surface area (Å²) < 4.78 is 0. The van der Waals surface area contributed by atoms with Gasteiger partial charge in [-0.15, -0.1) is 6.58 Å². The first kappa shape index (κ1) is 21.3. The molecule has 0 saturated carbocycles. The van der Waals surface area contributed by atoms with Gasteiger partial charge in [-0.2, -0.15) is 0 Å². The fraction of sp³-hybridized carbons (Fsp3) is 0.476. The van der Waals surface area contributed by atoms with Crippen molar-refractivity contribution in [3.63, 3.8) is 0 Å². The Morgan fingerprint density at radius 2 is 1.96 bits per heavy atom. The number of rotatable bonds is 8. The summed E-state index contributed by atoms with van der Waals surface area (Å²) in [6.07, 6.45) is 8.12. The summed E-state index contributed by atoms with van der Waals surface area (Å²) >= 11 is 0. The lowest BCUT2D eigenvalue weighted by atomic mass is 9.96. The van der Waals surface area contributed by atoms with Crippen LogP contribution in [-0.2, 0) is 0 Å². The van der Waals surface area contributed by atoms with Gasteiger partial charge < -0.3 is 0 Å². The molecule has 0 bridgehead atoms. The Morgan fingerprint density at radius 1 is 1.30 bits per heavy atom. The van der Waals surface area contributed by atoms with Crippen molar-refractivity contribution in [2.75, 3.05) is 20.6 Å². The van der Waals surface area contributed by atoms with Gasteiger partial charge in [0, 0.05) is 18.7 Å². The highest BCUT2D eigenvalue weighted by atomic mass is 15.1. The van der Waals surface area contributed by atoms with Crippen molar-refractivity contribution in [3.8, 4) is 0 Å². The van der Waals surface area contributed by atoms with E-state index < -0.39 is 0 Å². The van der Waals surface area contributed by atoms with Crippen LogP contribution in [0, 0.1) is 0 Å². The third kappa shape index (κ3) is 6.96. The second kappa shape index (κ2) is 12.8. The molecular weight excluding hydrogens is 280 g/mol. The molecule has 0 saturated heterocycles. The average molecular weight is 315 g/mol. The smallest absolute Gasteiger partial charge is 0.0643 e. The van der Waals surface area contributed by atoms with E-state index in [2.05, 4.69) is 73.8 Å². The fourth-order valence-corrected chi connectivity index (χ4v) is 2.44. The van der Waals surface area contributed by atoms with E-state index in [1.165, 1.54) is 11.1 Å². The van der Waals surface area contributed by atoms with Gasteiger partial charge in [0.25, 0.3) is 0 Å². The Bertz CT molecular complexity index is 500. The van der Waals surface area contributed by atoms with E-state index >= 15 is 0 Å². The van der Waals surface area contributed by atoms with Crippen LogP contribution >= 0.6 is 0 Å². The summed E-state index contributed by atoms with van der Waals surface area (Å²) in [5, 5.41) is 0. The van der Waals surface area contributed by atoms with Gasteiger partial charge in [0.05, 0.1) is 5.71 Å². The molecule has 128 valence electrons. The van der Waals surface area contributed by atoms with Gasteiger partial charge in [0.2, 0.25) is 0 Å². The Labute approximate surface area is 143 Å². The number of nitrogens with zero attached hydrogens (tertiary/aromatic N) is 2. The predicted molar refractivity (Wildman–Crippen MR) is 106 cm³/mol. The topological polar surface area (TPSA) is 15.6 Å². The molecule has 1 rings (SSSR count). The van der Waals surface area contributed by atoms with E-state index in [4.69, 9.17) is 0 Å². The molecule has 0 aliphatic carbocycles. The maximum Gasteiger partial charge on any atom is 0.0643 e. The van der Waals surface area contributed by atoms with Crippen molar-refractivity contribution in [2.45, 2.75) is 46.6 Å². The molecule has 2 heteroatoms. The summed E-state index contributed by atoms with van der Waals surface area (Å²) in [4.78, 5) is 6.84. The molecule has 0 aliphatic heterocycles.